The minimum absolute atomic E-state index is 0.102. The van der Waals surface area contributed by atoms with E-state index >= 15 is 0 Å². The standard InChI is InChI=1S/C21H28FN5O2S/c1-12(2)29-21(28)27-14-6-4-13(5-7-14)19-25-11-18(30-19)16-9-8-15(10-17(16)22)26-20(23)24-3/h8-14H,4-7H2,1-3H3,(H,27,28)(H3,23,24,26)/t13-,14-. The number of rotatable bonds is 5. The first-order valence-electron chi connectivity index (χ1n) is 10.1. The number of carbonyl (C=O) groups is 1. The van der Waals surface area contributed by atoms with Crippen LogP contribution in [-0.2, 0) is 4.74 Å². The fourth-order valence-corrected chi connectivity index (χ4v) is 4.61. The quantitative estimate of drug-likeness (QED) is 0.405. The number of ether oxygens (including phenoxy) is 1. The van der Waals surface area contributed by atoms with E-state index in [1.54, 1.807) is 25.4 Å². The van der Waals surface area contributed by atoms with Crippen molar-refractivity contribution in [3.63, 3.8) is 0 Å². The molecular formula is C21H28FN5O2S. The Bertz CT molecular complexity index is 893. The molecule has 0 radical (unpaired) electrons. The van der Waals surface area contributed by atoms with Gasteiger partial charge in [-0.3, -0.25) is 5.41 Å². The summed E-state index contributed by atoms with van der Waals surface area (Å²) in [7, 11) is 1.62. The lowest BCUT2D eigenvalue weighted by Gasteiger charge is -2.28. The SMILES string of the molecule is CNC(=N)Nc1ccc(-c2cnc([C@H]3CC[C@H](NC(=O)OC(C)C)CC3)s2)c(F)c1. The van der Waals surface area contributed by atoms with Gasteiger partial charge < -0.3 is 20.7 Å². The summed E-state index contributed by atoms with van der Waals surface area (Å²) in [6.45, 7) is 3.66. The zero-order valence-electron chi connectivity index (χ0n) is 17.4. The highest BCUT2D eigenvalue weighted by molar-refractivity contribution is 7.15. The molecule has 0 unspecified atom stereocenters. The summed E-state index contributed by atoms with van der Waals surface area (Å²) in [6.07, 6.45) is 4.84. The van der Waals surface area contributed by atoms with Crippen molar-refractivity contribution in [3.05, 3.63) is 35.2 Å². The molecule has 1 aromatic heterocycles. The average Bonchev–Trinajstić information content (AvgIpc) is 3.17. The van der Waals surface area contributed by atoms with E-state index in [0.717, 1.165) is 35.6 Å². The zero-order valence-corrected chi connectivity index (χ0v) is 18.2. The Hall–Kier alpha value is -2.68. The van der Waals surface area contributed by atoms with Crippen LogP contribution in [0, 0.1) is 11.2 Å². The van der Waals surface area contributed by atoms with Crippen molar-refractivity contribution < 1.29 is 13.9 Å². The number of benzene rings is 1. The van der Waals surface area contributed by atoms with E-state index < -0.39 is 0 Å². The van der Waals surface area contributed by atoms with Gasteiger partial charge in [-0.15, -0.1) is 11.3 Å². The molecule has 0 atom stereocenters. The van der Waals surface area contributed by atoms with Crippen LogP contribution in [0.25, 0.3) is 10.4 Å². The molecule has 0 bridgehead atoms. The van der Waals surface area contributed by atoms with Crippen molar-refractivity contribution in [2.45, 2.75) is 57.6 Å². The first kappa shape index (κ1) is 22.0. The van der Waals surface area contributed by atoms with Crippen LogP contribution < -0.4 is 16.0 Å². The maximum absolute atomic E-state index is 14.6. The lowest BCUT2D eigenvalue weighted by Crippen LogP contribution is -2.38. The molecule has 1 saturated carbocycles. The van der Waals surface area contributed by atoms with Crippen molar-refractivity contribution in [1.82, 2.24) is 15.6 Å². The topological polar surface area (TPSA) is 99.1 Å². The van der Waals surface area contributed by atoms with Gasteiger partial charge in [0, 0.05) is 36.5 Å². The van der Waals surface area contributed by atoms with Gasteiger partial charge >= 0.3 is 6.09 Å². The highest BCUT2D eigenvalue weighted by atomic mass is 32.1. The number of hydrogen-bond donors (Lipinski definition) is 4. The number of aromatic nitrogens is 1. The molecule has 30 heavy (non-hydrogen) atoms. The Morgan fingerprint density at radius 2 is 2.03 bits per heavy atom. The van der Waals surface area contributed by atoms with Crippen molar-refractivity contribution in [2.75, 3.05) is 12.4 Å². The van der Waals surface area contributed by atoms with Crippen molar-refractivity contribution in [1.29, 1.82) is 5.41 Å². The summed E-state index contributed by atoms with van der Waals surface area (Å²) < 4.78 is 19.7. The van der Waals surface area contributed by atoms with Gasteiger partial charge in [0.1, 0.15) is 5.82 Å². The normalized spacial score (nSPS) is 18.7. The third kappa shape index (κ3) is 5.69. The number of nitrogens with zero attached hydrogens (tertiary/aromatic N) is 1. The molecule has 1 amide bonds. The summed E-state index contributed by atoms with van der Waals surface area (Å²) in [5.74, 6) is 0.0727. The van der Waals surface area contributed by atoms with Gasteiger partial charge in [0.05, 0.1) is 16.0 Å². The van der Waals surface area contributed by atoms with Crippen LogP contribution >= 0.6 is 11.3 Å². The third-order valence-corrected chi connectivity index (χ3v) is 6.21. The van der Waals surface area contributed by atoms with Crippen LogP contribution in [0.2, 0.25) is 0 Å². The predicted octanol–water partition coefficient (Wildman–Crippen LogP) is 4.68. The molecule has 4 N–H and O–H groups in total. The molecule has 162 valence electrons. The number of halogens is 1. The number of nitrogens with one attached hydrogen (secondary N) is 4. The number of guanidine groups is 1. The fourth-order valence-electron chi connectivity index (χ4n) is 3.50. The molecule has 1 aromatic carbocycles. The van der Waals surface area contributed by atoms with E-state index in [0.29, 0.717) is 17.2 Å². The van der Waals surface area contributed by atoms with Crippen LogP contribution in [0.3, 0.4) is 0 Å². The molecule has 1 aliphatic carbocycles. The highest BCUT2D eigenvalue weighted by Crippen LogP contribution is 2.38. The monoisotopic (exact) mass is 433 g/mol. The number of hydrogen-bond acceptors (Lipinski definition) is 5. The lowest BCUT2D eigenvalue weighted by atomic mass is 9.86. The van der Waals surface area contributed by atoms with Gasteiger partial charge in [-0.2, -0.15) is 0 Å². The van der Waals surface area contributed by atoms with Crippen molar-refractivity contribution >= 4 is 29.1 Å². The number of thiazole rings is 1. The van der Waals surface area contributed by atoms with E-state index in [2.05, 4.69) is 20.9 Å². The van der Waals surface area contributed by atoms with Crippen LogP contribution in [0.15, 0.2) is 24.4 Å². The summed E-state index contributed by atoms with van der Waals surface area (Å²) in [4.78, 5) is 17.1. The van der Waals surface area contributed by atoms with E-state index in [9.17, 15) is 9.18 Å². The zero-order chi connectivity index (χ0) is 21.7. The van der Waals surface area contributed by atoms with Crippen LogP contribution in [0.1, 0.15) is 50.5 Å². The average molecular weight is 434 g/mol. The lowest BCUT2D eigenvalue weighted by molar-refractivity contribution is 0.109. The summed E-state index contributed by atoms with van der Waals surface area (Å²) in [5, 5.41) is 16.9. The Kier molecular flexibility index (Phi) is 7.25. The van der Waals surface area contributed by atoms with E-state index in [1.807, 2.05) is 13.8 Å². The molecule has 9 heteroatoms. The van der Waals surface area contributed by atoms with E-state index in [4.69, 9.17) is 10.1 Å². The second kappa shape index (κ2) is 9.88. The first-order chi connectivity index (χ1) is 14.4. The van der Waals surface area contributed by atoms with Crippen LogP contribution in [-0.4, -0.2) is 36.2 Å². The van der Waals surface area contributed by atoms with Crippen molar-refractivity contribution in [2.24, 2.45) is 0 Å². The highest BCUT2D eigenvalue weighted by Gasteiger charge is 2.26. The van der Waals surface area contributed by atoms with Gasteiger partial charge in [-0.25, -0.2) is 14.2 Å². The molecule has 1 fully saturated rings. The van der Waals surface area contributed by atoms with Gasteiger partial charge in [0.2, 0.25) is 0 Å². The molecule has 0 aliphatic heterocycles. The number of alkyl carbamates (subject to hydrolysis) is 1. The van der Waals surface area contributed by atoms with Gasteiger partial charge in [0.25, 0.3) is 0 Å². The third-order valence-electron chi connectivity index (χ3n) is 5.02. The number of anilines is 1. The second-order valence-electron chi connectivity index (χ2n) is 7.65. The molecule has 2 aromatic rings. The Morgan fingerprint density at radius 3 is 2.67 bits per heavy atom. The smallest absolute Gasteiger partial charge is 0.407 e. The molecule has 1 aliphatic rings. The maximum atomic E-state index is 14.6. The van der Waals surface area contributed by atoms with E-state index in [-0.39, 0.29) is 30.0 Å². The Balaban J connectivity index is 1.59. The molecular weight excluding hydrogens is 405 g/mol. The number of amides is 1. The van der Waals surface area contributed by atoms with E-state index in [1.165, 1.54) is 17.4 Å². The molecule has 1 heterocycles. The Morgan fingerprint density at radius 1 is 1.30 bits per heavy atom. The van der Waals surface area contributed by atoms with Crippen LogP contribution in [0.5, 0.6) is 0 Å². The largest absolute Gasteiger partial charge is 0.447 e. The van der Waals surface area contributed by atoms with Gasteiger partial charge in [0.15, 0.2) is 5.96 Å². The molecule has 7 nitrogen and oxygen atoms in total. The summed E-state index contributed by atoms with van der Waals surface area (Å²) in [5.41, 5.74) is 1.02. The van der Waals surface area contributed by atoms with Gasteiger partial charge in [-0.1, -0.05) is 0 Å². The maximum Gasteiger partial charge on any atom is 0.407 e. The predicted molar refractivity (Wildman–Crippen MR) is 118 cm³/mol. The number of carbonyl (C=O) groups excluding carboxylic acids is 1. The van der Waals surface area contributed by atoms with Crippen molar-refractivity contribution in [3.8, 4) is 10.4 Å². The summed E-state index contributed by atoms with van der Waals surface area (Å²) >= 11 is 1.52. The van der Waals surface area contributed by atoms with Crippen LogP contribution in [0.4, 0.5) is 14.9 Å². The molecule has 0 spiro atoms. The minimum atomic E-state index is -0.358. The minimum Gasteiger partial charge on any atom is -0.447 e. The summed E-state index contributed by atoms with van der Waals surface area (Å²) in [6, 6.07) is 4.96. The fraction of sp³-hybridized carbons (Fsp3) is 0.476. The second-order valence-corrected chi connectivity index (χ2v) is 8.72. The molecule has 3 rings (SSSR count). The van der Waals surface area contributed by atoms with Gasteiger partial charge in [-0.05, 0) is 57.7 Å². The molecule has 0 saturated heterocycles. The Labute approximate surface area is 179 Å². The first-order valence-corrected chi connectivity index (χ1v) is 10.9.